The van der Waals surface area contributed by atoms with Gasteiger partial charge in [-0.05, 0) is 0 Å². The summed E-state index contributed by atoms with van der Waals surface area (Å²) in [6.07, 6.45) is 0. The third-order valence-electron chi connectivity index (χ3n) is 0. The molecule has 0 fully saturated rings. The first-order valence-corrected chi connectivity index (χ1v) is 8.60. The molecule has 44 heavy (non-hydrogen) atoms. The zero-order valence-corrected chi connectivity index (χ0v) is 22.7. The molecule has 44 N–H and O–H groups in total. The normalized spacial score (nSPS) is 6.00. The van der Waals surface area contributed by atoms with Crippen LogP contribution >= 0.6 is 0 Å². The van der Waals surface area contributed by atoms with Crippen molar-refractivity contribution in [3.63, 3.8) is 0 Å². The van der Waals surface area contributed by atoms with Gasteiger partial charge >= 0.3 is 66.3 Å². The second-order valence-electron chi connectivity index (χ2n) is 4.43. The number of urea groups is 11. The number of rotatable bonds is 0. The van der Waals surface area contributed by atoms with E-state index < -0.39 is 66.3 Å². The highest BCUT2D eigenvalue weighted by Crippen LogP contribution is 1.29. The summed E-state index contributed by atoms with van der Waals surface area (Å²) in [5, 5.41) is 0. The SMILES string of the molecule is NC(N)=O.NC(N)=O.NC(N)=O.NC(N)=O.NC(N)=O.NC(N)=O.NC(N)=O.NC(N)=O.NC(N)=O.NC(N)=O.NC(N)=O. The lowest BCUT2D eigenvalue weighted by atomic mass is 11.2. The van der Waals surface area contributed by atoms with Crippen LogP contribution < -0.4 is 126 Å². The van der Waals surface area contributed by atoms with Gasteiger partial charge in [-0.15, -0.1) is 0 Å². The number of carbonyl (C=O) groups excluding carboxylic acids is 11. The molecule has 22 amide bonds. The van der Waals surface area contributed by atoms with Crippen LogP contribution in [0.2, 0.25) is 0 Å². The first-order chi connectivity index (χ1) is 19.1. The summed E-state index contributed by atoms with van der Waals surface area (Å²) in [7, 11) is 0. The Bertz CT molecular complexity index is 548. The van der Waals surface area contributed by atoms with Crippen LogP contribution in [-0.2, 0) is 0 Å². The maximum Gasteiger partial charge on any atom is 0.309 e. The van der Waals surface area contributed by atoms with E-state index >= 15 is 0 Å². The summed E-state index contributed by atoms with van der Waals surface area (Å²) in [5.74, 6) is 0. The lowest BCUT2D eigenvalue weighted by Crippen LogP contribution is -2.18. The number of amides is 22. The van der Waals surface area contributed by atoms with E-state index in [0.717, 1.165) is 0 Å². The first kappa shape index (κ1) is 70.5. The number of hydrogen-bond acceptors (Lipinski definition) is 11. The van der Waals surface area contributed by atoms with Crippen LogP contribution in [-0.4, -0.2) is 66.3 Å². The van der Waals surface area contributed by atoms with E-state index in [1.165, 1.54) is 0 Å². The summed E-state index contributed by atoms with van der Waals surface area (Å²) < 4.78 is 0. The second kappa shape index (κ2) is 64.7. The Morgan fingerprint density at radius 2 is 0.136 bits per heavy atom. The Morgan fingerprint density at radius 3 is 0.136 bits per heavy atom. The van der Waals surface area contributed by atoms with E-state index in [4.69, 9.17) is 52.7 Å². The Balaban J connectivity index is -0.0000000302. The third kappa shape index (κ3) is 573. The lowest BCUT2D eigenvalue weighted by molar-refractivity contribution is 0.255. The molecule has 0 heterocycles. The zero-order chi connectivity index (χ0) is 39.4. The molecule has 0 bridgehead atoms. The van der Waals surface area contributed by atoms with Gasteiger partial charge in [0.25, 0.3) is 0 Å². The summed E-state index contributed by atoms with van der Waals surface area (Å²) in [6.45, 7) is 0. The van der Waals surface area contributed by atoms with Gasteiger partial charge in [-0.3, -0.25) is 0 Å². The Hall–Kier alpha value is -8.03. The minimum absolute atomic E-state index is 0.833. The van der Waals surface area contributed by atoms with Gasteiger partial charge in [0.1, 0.15) is 0 Å². The van der Waals surface area contributed by atoms with E-state index in [1.54, 1.807) is 0 Å². The number of primary amides is 22. The predicted octanol–water partition coefficient (Wildman–Crippen LogP) is -10.7. The van der Waals surface area contributed by atoms with Gasteiger partial charge in [0.2, 0.25) is 0 Å². The molecular weight excluding hydrogens is 616 g/mol. The van der Waals surface area contributed by atoms with Crippen molar-refractivity contribution in [3.05, 3.63) is 0 Å². The average Bonchev–Trinajstić information content (AvgIpc) is 2.55. The molecule has 0 aliphatic rings. The largest absolute Gasteiger partial charge is 0.352 e. The molecule has 0 aromatic carbocycles. The van der Waals surface area contributed by atoms with E-state index in [2.05, 4.69) is 126 Å². The standard InChI is InChI=1S/11CH4N2O/c11*2-1(3)4/h11*(H4,2,3,4). The first-order valence-electron chi connectivity index (χ1n) is 8.60. The molecule has 0 spiro atoms. The predicted molar refractivity (Wildman–Crippen MR) is 151 cm³/mol. The van der Waals surface area contributed by atoms with E-state index in [-0.39, 0.29) is 0 Å². The van der Waals surface area contributed by atoms with Gasteiger partial charge in [0.05, 0.1) is 0 Å². The molecule has 0 rings (SSSR count). The van der Waals surface area contributed by atoms with Crippen molar-refractivity contribution in [1.29, 1.82) is 0 Å². The molecule has 264 valence electrons. The molecule has 0 saturated heterocycles. The van der Waals surface area contributed by atoms with Crippen LogP contribution in [0.5, 0.6) is 0 Å². The summed E-state index contributed by atoms with van der Waals surface area (Å²) in [5.41, 5.74) is 93.5. The van der Waals surface area contributed by atoms with Crippen LogP contribution in [0.15, 0.2) is 0 Å². The second-order valence-corrected chi connectivity index (χ2v) is 4.43. The molecule has 0 radical (unpaired) electrons. The van der Waals surface area contributed by atoms with Gasteiger partial charge < -0.3 is 126 Å². The molecule has 33 nitrogen and oxygen atoms in total. The van der Waals surface area contributed by atoms with Crippen molar-refractivity contribution >= 4 is 66.3 Å². The van der Waals surface area contributed by atoms with Crippen molar-refractivity contribution in [2.75, 3.05) is 0 Å². The summed E-state index contributed by atoms with van der Waals surface area (Å²) >= 11 is 0. The molecular formula is C11H44N22O11. The van der Waals surface area contributed by atoms with Crippen LogP contribution in [0, 0.1) is 0 Å². The molecule has 0 aliphatic heterocycles. The monoisotopic (exact) mass is 660 g/mol. The smallest absolute Gasteiger partial charge is 0.309 e. The summed E-state index contributed by atoms with van der Waals surface area (Å²) in [6, 6.07) is -9.17. The quantitative estimate of drug-likeness (QED) is 0.116. The third-order valence-corrected chi connectivity index (χ3v) is 0. The van der Waals surface area contributed by atoms with Crippen molar-refractivity contribution < 1.29 is 52.7 Å². The maximum atomic E-state index is 9.00. The fourth-order valence-electron chi connectivity index (χ4n) is 0. The minimum Gasteiger partial charge on any atom is -0.352 e. The molecule has 0 aromatic rings. The van der Waals surface area contributed by atoms with Gasteiger partial charge in [0.15, 0.2) is 0 Å². The number of hydrogen-bond donors (Lipinski definition) is 22. The van der Waals surface area contributed by atoms with Crippen molar-refractivity contribution in [3.8, 4) is 0 Å². The fourth-order valence-corrected chi connectivity index (χ4v) is 0. The van der Waals surface area contributed by atoms with Gasteiger partial charge in [-0.2, -0.15) is 0 Å². The highest BCUT2D eigenvalue weighted by Gasteiger charge is 1.64. The van der Waals surface area contributed by atoms with Gasteiger partial charge in [-0.1, -0.05) is 0 Å². The van der Waals surface area contributed by atoms with Crippen LogP contribution in [0.4, 0.5) is 52.7 Å². The minimum atomic E-state index is -0.833. The van der Waals surface area contributed by atoms with Crippen LogP contribution in [0.3, 0.4) is 0 Å². The highest BCUT2D eigenvalue weighted by atomic mass is 16.2. The fraction of sp³-hybridized carbons (Fsp3) is 0. The maximum absolute atomic E-state index is 9.00. The van der Waals surface area contributed by atoms with E-state index in [0.29, 0.717) is 0 Å². The Morgan fingerprint density at radius 1 is 0.136 bits per heavy atom. The van der Waals surface area contributed by atoms with Gasteiger partial charge in [0, 0.05) is 0 Å². The zero-order valence-electron chi connectivity index (χ0n) is 22.7. The summed E-state index contributed by atoms with van der Waals surface area (Å²) in [4.78, 5) is 99.0. The molecule has 33 heteroatoms. The molecule has 0 aliphatic carbocycles. The Labute approximate surface area is 246 Å². The van der Waals surface area contributed by atoms with Gasteiger partial charge in [-0.25, -0.2) is 52.7 Å². The van der Waals surface area contributed by atoms with Crippen molar-refractivity contribution in [2.45, 2.75) is 0 Å². The molecule has 0 atom stereocenters. The van der Waals surface area contributed by atoms with E-state index in [1.807, 2.05) is 0 Å². The van der Waals surface area contributed by atoms with Crippen LogP contribution in [0.25, 0.3) is 0 Å². The highest BCUT2D eigenvalue weighted by molar-refractivity contribution is 5.71. The van der Waals surface area contributed by atoms with Crippen LogP contribution in [0.1, 0.15) is 0 Å². The number of carbonyl (C=O) groups is 11. The lowest BCUT2D eigenvalue weighted by Gasteiger charge is -1.62. The average molecular weight is 661 g/mol. The van der Waals surface area contributed by atoms with Crippen molar-refractivity contribution in [2.24, 2.45) is 126 Å². The number of nitrogens with two attached hydrogens (primary N) is 22. The topological polar surface area (TPSA) is 760 Å². The van der Waals surface area contributed by atoms with E-state index in [9.17, 15) is 0 Å². The molecule has 0 aromatic heterocycles. The Kier molecular flexibility index (Phi) is 104. The molecule has 0 unspecified atom stereocenters. The molecule has 0 saturated carbocycles. The van der Waals surface area contributed by atoms with Crippen molar-refractivity contribution in [1.82, 2.24) is 0 Å².